The zero-order valence-corrected chi connectivity index (χ0v) is 15.8. The van der Waals surface area contributed by atoms with E-state index in [2.05, 4.69) is 17.6 Å². The topological polar surface area (TPSA) is 105 Å². The van der Waals surface area contributed by atoms with Gasteiger partial charge in [-0.05, 0) is 49.9 Å². The minimum atomic E-state index is -0.563. The lowest BCUT2D eigenvalue weighted by molar-refractivity contribution is -0.136. The fourth-order valence-corrected chi connectivity index (χ4v) is 3.70. The summed E-state index contributed by atoms with van der Waals surface area (Å²) < 4.78 is 0. The summed E-state index contributed by atoms with van der Waals surface area (Å²) in [5.41, 5.74) is 8.18. The molecule has 1 aromatic rings. The number of piperidine rings is 1. The molecule has 3 rings (SSSR count). The monoisotopic (exact) mass is 372 g/mol. The van der Waals surface area contributed by atoms with E-state index in [1.165, 1.54) is 0 Å². The summed E-state index contributed by atoms with van der Waals surface area (Å²) in [6.45, 7) is 4.00. The molecule has 2 atom stereocenters. The Morgan fingerprint density at radius 2 is 2.11 bits per heavy atom. The van der Waals surface area contributed by atoms with Crippen LogP contribution in [0.2, 0.25) is 0 Å². The standard InChI is InChI=1S/C20H28N4O3/c1-13(4-2-3-9-21)22-11-14-5-6-15-12-24(20(27)16(15)10-14)17-7-8-18(25)23-19(17)26/h5-6,10,13,17,22H,2-4,7-9,11-12,21H2,1H3,(H,23,25,26). The molecule has 2 unspecified atom stereocenters. The number of hydrogen-bond acceptors (Lipinski definition) is 5. The van der Waals surface area contributed by atoms with Crippen molar-refractivity contribution in [1.29, 1.82) is 0 Å². The summed E-state index contributed by atoms with van der Waals surface area (Å²) in [6.07, 6.45) is 3.88. The Morgan fingerprint density at radius 1 is 1.30 bits per heavy atom. The number of carbonyl (C=O) groups excluding carboxylic acids is 3. The highest BCUT2D eigenvalue weighted by atomic mass is 16.2. The van der Waals surface area contributed by atoms with Gasteiger partial charge in [-0.2, -0.15) is 0 Å². The lowest BCUT2D eigenvalue weighted by Crippen LogP contribution is -2.52. The number of fused-ring (bicyclic) bond motifs is 1. The van der Waals surface area contributed by atoms with Gasteiger partial charge in [-0.25, -0.2) is 0 Å². The number of benzene rings is 1. The lowest BCUT2D eigenvalue weighted by atomic mass is 10.0. The van der Waals surface area contributed by atoms with Crippen LogP contribution in [0.1, 0.15) is 60.5 Å². The molecular formula is C20H28N4O3. The third kappa shape index (κ3) is 4.54. The van der Waals surface area contributed by atoms with Gasteiger partial charge in [0.05, 0.1) is 0 Å². The van der Waals surface area contributed by atoms with Crippen LogP contribution in [0.4, 0.5) is 0 Å². The Bertz CT molecular complexity index is 734. The first-order valence-electron chi connectivity index (χ1n) is 9.69. The molecule has 2 heterocycles. The molecule has 3 amide bonds. The molecule has 7 nitrogen and oxygen atoms in total. The molecule has 27 heavy (non-hydrogen) atoms. The van der Waals surface area contributed by atoms with E-state index < -0.39 is 6.04 Å². The van der Waals surface area contributed by atoms with E-state index in [1.807, 2.05) is 18.2 Å². The largest absolute Gasteiger partial charge is 0.330 e. The van der Waals surface area contributed by atoms with E-state index in [0.29, 0.717) is 31.1 Å². The Labute approximate surface area is 159 Å². The van der Waals surface area contributed by atoms with Crippen LogP contribution in [0, 0.1) is 0 Å². The molecule has 146 valence electrons. The SMILES string of the molecule is CC(CCCCN)NCc1ccc2c(c1)C(=O)N(C1CCC(=O)NC1=O)C2. The smallest absolute Gasteiger partial charge is 0.255 e. The maximum absolute atomic E-state index is 12.8. The van der Waals surface area contributed by atoms with Crippen LogP contribution in [-0.4, -0.2) is 41.2 Å². The maximum Gasteiger partial charge on any atom is 0.255 e. The summed E-state index contributed by atoms with van der Waals surface area (Å²) in [5.74, 6) is -0.771. The maximum atomic E-state index is 12.8. The summed E-state index contributed by atoms with van der Waals surface area (Å²) in [7, 11) is 0. The minimum absolute atomic E-state index is 0.127. The second-order valence-corrected chi connectivity index (χ2v) is 7.46. The van der Waals surface area contributed by atoms with Crippen molar-refractivity contribution in [3.8, 4) is 0 Å². The number of imide groups is 1. The molecule has 1 aromatic carbocycles. The van der Waals surface area contributed by atoms with Gasteiger partial charge in [0.2, 0.25) is 11.8 Å². The highest BCUT2D eigenvalue weighted by Crippen LogP contribution is 2.28. The van der Waals surface area contributed by atoms with Crippen LogP contribution in [0.5, 0.6) is 0 Å². The van der Waals surface area contributed by atoms with E-state index in [9.17, 15) is 14.4 Å². The second-order valence-electron chi connectivity index (χ2n) is 7.46. The fraction of sp³-hybridized carbons (Fsp3) is 0.550. The van der Waals surface area contributed by atoms with Crippen molar-refractivity contribution in [2.45, 2.75) is 64.2 Å². The number of unbranched alkanes of at least 4 members (excludes halogenated alkanes) is 1. The summed E-state index contributed by atoms with van der Waals surface area (Å²) in [5, 5.41) is 5.81. The number of nitrogens with zero attached hydrogens (tertiary/aromatic N) is 1. The summed E-state index contributed by atoms with van der Waals surface area (Å²) in [6, 6.07) is 5.74. The highest BCUT2D eigenvalue weighted by molar-refractivity contribution is 6.05. The quantitative estimate of drug-likeness (QED) is 0.467. The lowest BCUT2D eigenvalue weighted by Gasteiger charge is -2.29. The Morgan fingerprint density at radius 3 is 2.85 bits per heavy atom. The Balaban J connectivity index is 1.61. The zero-order chi connectivity index (χ0) is 19.4. The van der Waals surface area contributed by atoms with Gasteiger partial charge >= 0.3 is 0 Å². The molecule has 0 saturated carbocycles. The number of nitrogens with two attached hydrogens (primary N) is 1. The van der Waals surface area contributed by atoms with Crippen LogP contribution in [0.15, 0.2) is 18.2 Å². The second kappa shape index (κ2) is 8.63. The van der Waals surface area contributed by atoms with Crippen molar-refractivity contribution < 1.29 is 14.4 Å². The first-order chi connectivity index (χ1) is 13.0. The Kier molecular flexibility index (Phi) is 6.23. The summed E-state index contributed by atoms with van der Waals surface area (Å²) in [4.78, 5) is 37.8. The molecule has 0 aliphatic carbocycles. The van der Waals surface area contributed by atoms with Crippen LogP contribution in [-0.2, 0) is 22.7 Å². The normalized spacial score (nSPS) is 20.6. The van der Waals surface area contributed by atoms with Crippen molar-refractivity contribution in [1.82, 2.24) is 15.5 Å². The summed E-state index contributed by atoms with van der Waals surface area (Å²) >= 11 is 0. The van der Waals surface area contributed by atoms with Gasteiger partial charge in [0, 0.05) is 31.1 Å². The average molecular weight is 372 g/mol. The predicted octanol–water partition coefficient (Wildman–Crippen LogP) is 1.05. The molecule has 1 saturated heterocycles. The van der Waals surface area contributed by atoms with Crippen LogP contribution < -0.4 is 16.4 Å². The highest BCUT2D eigenvalue weighted by Gasteiger charge is 2.39. The zero-order valence-electron chi connectivity index (χ0n) is 15.8. The van der Waals surface area contributed by atoms with E-state index >= 15 is 0 Å². The first-order valence-corrected chi connectivity index (χ1v) is 9.69. The van der Waals surface area contributed by atoms with Gasteiger partial charge in [0.1, 0.15) is 6.04 Å². The third-order valence-electron chi connectivity index (χ3n) is 5.34. The van der Waals surface area contributed by atoms with E-state index in [1.54, 1.807) is 4.90 Å². The number of nitrogens with one attached hydrogen (secondary N) is 2. The number of carbonyl (C=O) groups is 3. The molecule has 0 radical (unpaired) electrons. The van der Waals surface area contributed by atoms with Gasteiger partial charge in [0.25, 0.3) is 5.91 Å². The molecule has 0 spiro atoms. The van der Waals surface area contributed by atoms with Gasteiger partial charge in [-0.3, -0.25) is 19.7 Å². The van der Waals surface area contributed by atoms with Gasteiger partial charge in [0.15, 0.2) is 0 Å². The van der Waals surface area contributed by atoms with E-state index in [-0.39, 0.29) is 24.1 Å². The van der Waals surface area contributed by atoms with Crippen molar-refractivity contribution in [2.75, 3.05) is 6.54 Å². The molecule has 1 fully saturated rings. The third-order valence-corrected chi connectivity index (χ3v) is 5.34. The molecule has 0 aromatic heterocycles. The number of amides is 3. The Hall–Kier alpha value is -2.25. The van der Waals surface area contributed by atoms with E-state index in [0.717, 1.165) is 36.9 Å². The minimum Gasteiger partial charge on any atom is -0.330 e. The average Bonchev–Trinajstić information content (AvgIpc) is 2.96. The molecule has 0 bridgehead atoms. The molecule has 2 aliphatic rings. The van der Waals surface area contributed by atoms with Gasteiger partial charge in [-0.15, -0.1) is 0 Å². The van der Waals surface area contributed by atoms with Gasteiger partial charge in [-0.1, -0.05) is 18.6 Å². The molecule has 2 aliphatic heterocycles. The van der Waals surface area contributed by atoms with Crippen LogP contribution in [0.3, 0.4) is 0 Å². The molecule has 7 heteroatoms. The predicted molar refractivity (Wildman–Crippen MR) is 102 cm³/mol. The van der Waals surface area contributed by atoms with Crippen molar-refractivity contribution in [2.24, 2.45) is 5.73 Å². The molecular weight excluding hydrogens is 344 g/mol. The van der Waals surface area contributed by atoms with Crippen LogP contribution >= 0.6 is 0 Å². The number of rotatable bonds is 8. The van der Waals surface area contributed by atoms with Crippen molar-refractivity contribution >= 4 is 17.7 Å². The van der Waals surface area contributed by atoms with E-state index in [4.69, 9.17) is 5.73 Å². The van der Waals surface area contributed by atoms with Crippen molar-refractivity contribution in [3.05, 3.63) is 34.9 Å². The van der Waals surface area contributed by atoms with Gasteiger partial charge < -0.3 is 16.0 Å². The van der Waals surface area contributed by atoms with Crippen molar-refractivity contribution in [3.63, 3.8) is 0 Å². The molecule has 4 N–H and O–H groups in total. The first kappa shape index (κ1) is 19.5. The van der Waals surface area contributed by atoms with Crippen LogP contribution in [0.25, 0.3) is 0 Å². The fourth-order valence-electron chi connectivity index (χ4n) is 3.70. The number of hydrogen-bond donors (Lipinski definition) is 3.